The monoisotopic (exact) mass is 239 g/mol. The summed E-state index contributed by atoms with van der Waals surface area (Å²) in [5.41, 5.74) is 0. The molecule has 0 aromatic carbocycles. The van der Waals surface area contributed by atoms with Crippen LogP contribution in [0.1, 0.15) is 38.7 Å². The van der Waals surface area contributed by atoms with Crippen LogP contribution in [-0.4, -0.2) is 17.1 Å². The molecular weight excluding hydrogens is 218 g/mol. The van der Waals surface area contributed by atoms with Gasteiger partial charge in [-0.1, -0.05) is 20.8 Å². The molecule has 17 heavy (non-hydrogen) atoms. The van der Waals surface area contributed by atoms with Gasteiger partial charge in [-0.2, -0.15) is 0 Å². The van der Waals surface area contributed by atoms with E-state index in [4.69, 9.17) is 9.52 Å². The lowest BCUT2D eigenvalue weighted by Gasteiger charge is -2.15. The minimum Gasteiger partial charge on any atom is -0.480 e. The van der Waals surface area contributed by atoms with Crippen LogP contribution in [0.2, 0.25) is 0 Å². The van der Waals surface area contributed by atoms with Crippen molar-refractivity contribution in [2.24, 2.45) is 5.92 Å². The molecule has 0 fully saturated rings. The molecular formula is C13H21NO3. The van der Waals surface area contributed by atoms with Gasteiger partial charge in [0, 0.05) is 6.42 Å². The zero-order valence-corrected chi connectivity index (χ0v) is 10.7. The standard InChI is InChI=1S/C13H21NO3/c1-4-10-5-6-11(17-10)8-14-12(13(15)16)7-9(2)3/h5-6,9,12,14H,4,7-8H2,1-3H3,(H,15,16). The molecule has 0 amide bonds. The fourth-order valence-electron chi connectivity index (χ4n) is 1.67. The van der Waals surface area contributed by atoms with Crippen molar-refractivity contribution in [3.8, 4) is 0 Å². The predicted molar refractivity (Wildman–Crippen MR) is 65.8 cm³/mol. The number of aryl methyl sites for hydroxylation is 1. The fourth-order valence-corrected chi connectivity index (χ4v) is 1.67. The first-order valence-electron chi connectivity index (χ1n) is 6.06. The average molecular weight is 239 g/mol. The normalized spacial score (nSPS) is 12.9. The largest absolute Gasteiger partial charge is 0.480 e. The Kier molecular flexibility index (Phi) is 5.22. The van der Waals surface area contributed by atoms with E-state index in [1.165, 1.54) is 0 Å². The molecule has 1 aromatic heterocycles. The van der Waals surface area contributed by atoms with Crippen LogP contribution in [-0.2, 0) is 17.8 Å². The van der Waals surface area contributed by atoms with Gasteiger partial charge >= 0.3 is 5.97 Å². The molecule has 4 heteroatoms. The van der Waals surface area contributed by atoms with Crippen LogP contribution in [0, 0.1) is 5.92 Å². The van der Waals surface area contributed by atoms with E-state index in [0.717, 1.165) is 17.9 Å². The summed E-state index contributed by atoms with van der Waals surface area (Å²) in [6.45, 7) is 6.51. The summed E-state index contributed by atoms with van der Waals surface area (Å²) in [7, 11) is 0. The van der Waals surface area contributed by atoms with Crippen LogP contribution in [0.5, 0.6) is 0 Å². The first kappa shape index (κ1) is 13.8. The minimum atomic E-state index is -0.805. The molecule has 1 rings (SSSR count). The van der Waals surface area contributed by atoms with Crippen LogP contribution in [0.4, 0.5) is 0 Å². The fraction of sp³-hybridized carbons (Fsp3) is 0.615. The maximum Gasteiger partial charge on any atom is 0.320 e. The van der Waals surface area contributed by atoms with E-state index in [2.05, 4.69) is 5.32 Å². The minimum absolute atomic E-state index is 0.353. The van der Waals surface area contributed by atoms with Gasteiger partial charge in [0.25, 0.3) is 0 Å². The Hall–Kier alpha value is -1.29. The first-order chi connectivity index (χ1) is 8.02. The van der Waals surface area contributed by atoms with Gasteiger partial charge in [-0.25, -0.2) is 0 Å². The molecule has 1 aromatic rings. The summed E-state index contributed by atoms with van der Waals surface area (Å²) in [4.78, 5) is 11.0. The lowest BCUT2D eigenvalue weighted by Crippen LogP contribution is -2.37. The molecule has 1 unspecified atom stereocenters. The van der Waals surface area contributed by atoms with Gasteiger partial charge in [0.1, 0.15) is 17.6 Å². The van der Waals surface area contributed by atoms with Gasteiger partial charge in [-0.05, 0) is 24.5 Å². The summed E-state index contributed by atoms with van der Waals surface area (Å²) < 4.78 is 5.51. The zero-order chi connectivity index (χ0) is 12.8. The van der Waals surface area contributed by atoms with Crippen LogP contribution >= 0.6 is 0 Å². The Balaban J connectivity index is 2.48. The van der Waals surface area contributed by atoms with E-state index in [1.807, 2.05) is 32.9 Å². The maximum atomic E-state index is 11.0. The Morgan fingerprint density at radius 3 is 2.53 bits per heavy atom. The maximum absolute atomic E-state index is 11.0. The number of rotatable bonds is 7. The molecule has 2 N–H and O–H groups in total. The highest BCUT2D eigenvalue weighted by Crippen LogP contribution is 2.10. The first-order valence-corrected chi connectivity index (χ1v) is 6.06. The lowest BCUT2D eigenvalue weighted by molar-refractivity contribution is -0.140. The highest BCUT2D eigenvalue weighted by atomic mass is 16.4. The van der Waals surface area contributed by atoms with Gasteiger partial charge in [0.05, 0.1) is 6.54 Å². The summed E-state index contributed by atoms with van der Waals surface area (Å²) >= 11 is 0. The van der Waals surface area contributed by atoms with Crippen molar-refractivity contribution in [3.63, 3.8) is 0 Å². The molecule has 0 radical (unpaired) electrons. The third kappa shape index (κ3) is 4.61. The van der Waals surface area contributed by atoms with Crippen LogP contribution in [0.15, 0.2) is 16.5 Å². The number of carbonyl (C=O) groups is 1. The van der Waals surface area contributed by atoms with Crippen molar-refractivity contribution in [1.82, 2.24) is 5.32 Å². The molecule has 1 atom stereocenters. The molecule has 0 aliphatic carbocycles. The summed E-state index contributed by atoms with van der Waals surface area (Å²) in [6, 6.07) is 3.31. The van der Waals surface area contributed by atoms with Crippen molar-refractivity contribution in [2.75, 3.05) is 0 Å². The van der Waals surface area contributed by atoms with Crippen LogP contribution in [0.3, 0.4) is 0 Å². The Morgan fingerprint density at radius 2 is 2.06 bits per heavy atom. The van der Waals surface area contributed by atoms with Gasteiger partial charge in [-0.3, -0.25) is 10.1 Å². The lowest BCUT2D eigenvalue weighted by atomic mass is 10.0. The number of hydrogen-bond acceptors (Lipinski definition) is 3. The zero-order valence-electron chi connectivity index (χ0n) is 10.7. The quantitative estimate of drug-likeness (QED) is 0.767. The number of aliphatic carboxylic acids is 1. The Labute approximate surface area is 102 Å². The van der Waals surface area contributed by atoms with Crippen molar-refractivity contribution < 1.29 is 14.3 Å². The second-order valence-electron chi connectivity index (χ2n) is 4.62. The summed E-state index contributed by atoms with van der Waals surface area (Å²) in [6.07, 6.45) is 1.48. The van der Waals surface area contributed by atoms with Crippen LogP contribution < -0.4 is 5.32 Å². The van der Waals surface area contributed by atoms with E-state index >= 15 is 0 Å². The molecule has 4 nitrogen and oxygen atoms in total. The topological polar surface area (TPSA) is 62.5 Å². The van der Waals surface area contributed by atoms with E-state index < -0.39 is 12.0 Å². The van der Waals surface area contributed by atoms with E-state index in [-0.39, 0.29) is 0 Å². The smallest absolute Gasteiger partial charge is 0.320 e. The van der Waals surface area contributed by atoms with Gasteiger partial charge in [0.15, 0.2) is 0 Å². The van der Waals surface area contributed by atoms with Crippen molar-refractivity contribution in [2.45, 2.75) is 46.2 Å². The second kappa shape index (κ2) is 6.45. The third-order valence-corrected chi connectivity index (χ3v) is 2.59. The number of carboxylic acid groups (broad SMARTS) is 1. The van der Waals surface area contributed by atoms with Gasteiger partial charge in [-0.15, -0.1) is 0 Å². The number of hydrogen-bond donors (Lipinski definition) is 2. The molecule has 0 aliphatic rings. The van der Waals surface area contributed by atoms with E-state index in [9.17, 15) is 4.79 Å². The highest BCUT2D eigenvalue weighted by molar-refractivity contribution is 5.73. The van der Waals surface area contributed by atoms with E-state index in [1.54, 1.807) is 0 Å². The molecule has 0 bridgehead atoms. The Morgan fingerprint density at radius 1 is 1.41 bits per heavy atom. The Bertz CT molecular complexity index is 357. The second-order valence-corrected chi connectivity index (χ2v) is 4.62. The third-order valence-electron chi connectivity index (χ3n) is 2.59. The SMILES string of the molecule is CCc1ccc(CNC(CC(C)C)C(=O)O)o1. The average Bonchev–Trinajstić information content (AvgIpc) is 2.71. The molecule has 0 spiro atoms. The number of furan rings is 1. The molecule has 0 aliphatic heterocycles. The van der Waals surface area contributed by atoms with Crippen molar-refractivity contribution in [1.29, 1.82) is 0 Å². The van der Waals surface area contributed by atoms with Crippen molar-refractivity contribution >= 4 is 5.97 Å². The van der Waals surface area contributed by atoms with E-state index in [0.29, 0.717) is 18.9 Å². The summed E-state index contributed by atoms with van der Waals surface area (Å²) in [5.74, 6) is 1.27. The molecule has 96 valence electrons. The predicted octanol–water partition coefficient (Wildman–Crippen LogP) is 2.43. The number of nitrogens with one attached hydrogen (secondary N) is 1. The highest BCUT2D eigenvalue weighted by Gasteiger charge is 2.18. The molecule has 0 saturated heterocycles. The molecule has 1 heterocycles. The van der Waals surface area contributed by atoms with Crippen molar-refractivity contribution in [3.05, 3.63) is 23.7 Å². The molecule has 0 saturated carbocycles. The summed E-state index contributed by atoms with van der Waals surface area (Å²) in [5, 5.41) is 12.1. The number of carboxylic acids is 1. The van der Waals surface area contributed by atoms with Gasteiger partial charge < -0.3 is 9.52 Å². The van der Waals surface area contributed by atoms with Crippen LogP contribution in [0.25, 0.3) is 0 Å². The van der Waals surface area contributed by atoms with Gasteiger partial charge in [0.2, 0.25) is 0 Å².